The molecule has 2 rings (SSSR count). The van der Waals surface area contributed by atoms with Crippen molar-refractivity contribution in [3.63, 3.8) is 0 Å². The van der Waals surface area contributed by atoms with E-state index < -0.39 is 41.6 Å². The fourth-order valence-electron chi connectivity index (χ4n) is 2.23. The first-order valence-electron chi connectivity index (χ1n) is 6.64. The molecule has 0 radical (unpaired) electrons. The van der Waals surface area contributed by atoms with Crippen LogP contribution in [-0.4, -0.2) is 57.4 Å². The number of ether oxygens (including phenoxy) is 1. The van der Waals surface area contributed by atoms with Gasteiger partial charge in [-0.05, 0) is 26.3 Å². The number of hydrogen-bond acceptors (Lipinski definition) is 7. The Morgan fingerprint density at radius 3 is 2.57 bits per heavy atom. The Bertz CT molecular complexity index is 559. The molecule has 10 heteroatoms. The van der Waals surface area contributed by atoms with E-state index in [9.17, 15) is 24.6 Å². The number of hydrogen-bond donors (Lipinski definition) is 2. The minimum atomic E-state index is -1.52. The molecule has 122 valence electrons. The van der Waals surface area contributed by atoms with E-state index in [2.05, 4.69) is 5.32 Å². The summed E-state index contributed by atoms with van der Waals surface area (Å²) < 4.78 is 5.08. The average Bonchev–Trinajstić information content (AvgIpc) is 2.40. The molecule has 0 saturated carbocycles. The predicted octanol–water partition coefficient (Wildman–Crippen LogP) is -4.20. The van der Waals surface area contributed by atoms with Crippen molar-refractivity contribution in [3.05, 3.63) is 11.3 Å². The minimum Gasteiger partial charge on any atom is -0.543 e. The molecule has 1 fully saturated rings. The number of carbonyl (C=O) groups is 3. The third-order valence-electron chi connectivity index (χ3n) is 3.10. The number of nitrogens with zero attached hydrogens (tertiary/aromatic N) is 1. The van der Waals surface area contributed by atoms with E-state index in [4.69, 9.17) is 4.74 Å². The molecule has 2 aliphatic rings. The van der Waals surface area contributed by atoms with E-state index in [0.717, 1.165) is 4.90 Å². The molecule has 0 spiro atoms. The van der Waals surface area contributed by atoms with E-state index in [1.807, 2.05) is 0 Å². The summed E-state index contributed by atoms with van der Waals surface area (Å²) in [6.07, 6.45) is -0.738. The van der Waals surface area contributed by atoms with E-state index in [1.165, 1.54) is 11.8 Å². The second-order valence-corrected chi connectivity index (χ2v) is 7.04. The van der Waals surface area contributed by atoms with Crippen LogP contribution >= 0.6 is 11.8 Å². The summed E-state index contributed by atoms with van der Waals surface area (Å²) in [6.45, 7) is 4.63. The van der Waals surface area contributed by atoms with Crippen molar-refractivity contribution < 1.29 is 58.9 Å². The van der Waals surface area contributed by atoms with E-state index in [0.29, 0.717) is 0 Å². The molecule has 8 nitrogen and oxygen atoms in total. The summed E-state index contributed by atoms with van der Waals surface area (Å²) in [5.74, 6) is -1.83. The first-order chi connectivity index (χ1) is 10.2. The van der Waals surface area contributed by atoms with Gasteiger partial charge >= 0.3 is 35.7 Å². The van der Waals surface area contributed by atoms with E-state index in [1.54, 1.807) is 20.8 Å². The summed E-state index contributed by atoms with van der Waals surface area (Å²) in [5, 5.41) is 22.3. The molecule has 0 aliphatic carbocycles. The van der Waals surface area contributed by atoms with Crippen LogP contribution in [0.25, 0.3) is 0 Å². The number of fused-ring (bicyclic) bond motifs is 1. The Morgan fingerprint density at radius 1 is 1.48 bits per heavy atom. The fourth-order valence-corrected chi connectivity index (χ4v) is 3.56. The zero-order chi connectivity index (χ0) is 16.7. The fraction of sp³-hybridized carbons (Fsp3) is 0.615. The van der Waals surface area contributed by atoms with Crippen molar-refractivity contribution >= 4 is 29.7 Å². The van der Waals surface area contributed by atoms with Gasteiger partial charge in [0.2, 0.25) is 0 Å². The number of carbonyl (C=O) groups excluding carboxylic acids is 3. The average molecular weight is 352 g/mol. The number of carboxylic acid groups (broad SMARTS) is 1. The van der Waals surface area contributed by atoms with Crippen LogP contribution in [0, 0.1) is 0 Å². The molecular weight excluding hydrogens is 335 g/mol. The van der Waals surface area contributed by atoms with Crippen molar-refractivity contribution in [2.45, 2.75) is 37.8 Å². The molecule has 23 heavy (non-hydrogen) atoms. The SMILES string of the molecule is CC(C)(C)OC(=O)N[C@@H]1C(=O)N2C(C(=O)[O-])=C(CO)CS[C@@H]12.[Na+]. The van der Waals surface area contributed by atoms with Gasteiger partial charge in [-0.15, -0.1) is 11.8 Å². The quantitative estimate of drug-likeness (QED) is 0.390. The zero-order valence-corrected chi connectivity index (χ0v) is 16.2. The number of aliphatic hydroxyl groups is 1. The van der Waals surface area contributed by atoms with Crippen molar-refractivity contribution in [2.75, 3.05) is 12.4 Å². The number of alkyl carbamates (subject to hydrolysis) is 1. The molecule has 2 atom stereocenters. The maximum atomic E-state index is 12.1. The molecule has 1 saturated heterocycles. The Hall–Kier alpha value is -0.740. The zero-order valence-electron chi connectivity index (χ0n) is 13.4. The number of β-lactam (4-membered cyclic amide) rings is 1. The normalized spacial score (nSPS) is 23.5. The summed E-state index contributed by atoms with van der Waals surface area (Å²) >= 11 is 1.26. The number of thioether (sulfide) groups is 1. The third kappa shape index (κ3) is 4.21. The molecule has 2 N–H and O–H groups in total. The van der Waals surface area contributed by atoms with Gasteiger partial charge in [0.15, 0.2) is 0 Å². The summed E-state index contributed by atoms with van der Waals surface area (Å²) in [5.41, 5.74) is -0.778. The monoisotopic (exact) mass is 352 g/mol. The van der Waals surface area contributed by atoms with Crippen LogP contribution in [0.3, 0.4) is 0 Å². The molecule has 2 heterocycles. The number of aliphatic carboxylic acids is 1. The summed E-state index contributed by atoms with van der Waals surface area (Å²) in [4.78, 5) is 36.1. The van der Waals surface area contributed by atoms with Gasteiger partial charge in [0.05, 0.1) is 18.3 Å². The van der Waals surface area contributed by atoms with Crippen molar-refractivity contribution in [1.82, 2.24) is 10.2 Å². The van der Waals surface area contributed by atoms with Gasteiger partial charge in [0.1, 0.15) is 17.0 Å². The topological polar surface area (TPSA) is 119 Å². The molecule has 0 aromatic heterocycles. The maximum Gasteiger partial charge on any atom is 1.00 e. The van der Waals surface area contributed by atoms with E-state index in [-0.39, 0.29) is 46.6 Å². The molecular formula is C13H17N2NaO6S. The first-order valence-corrected chi connectivity index (χ1v) is 7.69. The number of carboxylic acids is 1. The number of aliphatic hydroxyl groups excluding tert-OH is 1. The van der Waals surface area contributed by atoms with Crippen LogP contribution in [0.1, 0.15) is 20.8 Å². The van der Waals surface area contributed by atoms with Crippen molar-refractivity contribution in [1.29, 1.82) is 0 Å². The molecule has 0 unspecified atom stereocenters. The largest absolute Gasteiger partial charge is 1.00 e. The van der Waals surface area contributed by atoms with Crippen molar-refractivity contribution in [3.8, 4) is 0 Å². The van der Waals surface area contributed by atoms with Crippen LogP contribution in [0.5, 0.6) is 0 Å². The summed E-state index contributed by atoms with van der Waals surface area (Å²) in [6, 6.07) is -0.852. The third-order valence-corrected chi connectivity index (χ3v) is 4.44. The van der Waals surface area contributed by atoms with Gasteiger partial charge in [0.25, 0.3) is 5.91 Å². The summed E-state index contributed by atoms with van der Waals surface area (Å²) in [7, 11) is 0. The van der Waals surface area contributed by atoms with Gasteiger partial charge in [-0.25, -0.2) is 4.79 Å². The molecule has 0 bridgehead atoms. The molecule has 0 aromatic carbocycles. The Balaban J connectivity index is 0.00000264. The van der Waals surface area contributed by atoms with Crippen LogP contribution < -0.4 is 40.0 Å². The number of amides is 2. The van der Waals surface area contributed by atoms with Crippen LogP contribution in [0.15, 0.2) is 11.3 Å². The molecule has 2 amide bonds. The molecule has 0 aromatic rings. The van der Waals surface area contributed by atoms with Crippen LogP contribution in [0.2, 0.25) is 0 Å². The minimum absolute atomic E-state index is 0. The second-order valence-electron chi connectivity index (χ2n) is 5.93. The number of rotatable bonds is 3. The predicted molar refractivity (Wildman–Crippen MR) is 75.4 cm³/mol. The van der Waals surface area contributed by atoms with Gasteiger partial charge in [-0.1, -0.05) is 0 Å². The first kappa shape index (κ1) is 20.3. The number of nitrogens with one attached hydrogen (secondary N) is 1. The van der Waals surface area contributed by atoms with Gasteiger partial charge in [0, 0.05) is 5.75 Å². The Morgan fingerprint density at radius 2 is 2.09 bits per heavy atom. The smallest absolute Gasteiger partial charge is 0.543 e. The molecule has 2 aliphatic heterocycles. The van der Waals surface area contributed by atoms with E-state index >= 15 is 0 Å². The van der Waals surface area contributed by atoms with Crippen LogP contribution in [0.4, 0.5) is 4.79 Å². The van der Waals surface area contributed by atoms with Gasteiger partial charge in [-0.2, -0.15) is 0 Å². The Labute approximate surface area is 159 Å². The van der Waals surface area contributed by atoms with Crippen molar-refractivity contribution in [2.24, 2.45) is 0 Å². The van der Waals surface area contributed by atoms with Gasteiger partial charge in [-0.3, -0.25) is 9.69 Å². The second kappa shape index (κ2) is 7.43. The van der Waals surface area contributed by atoms with Crippen LogP contribution in [-0.2, 0) is 14.3 Å². The van der Waals surface area contributed by atoms with Gasteiger partial charge < -0.3 is 25.1 Å². The Kier molecular flexibility index (Phi) is 6.56. The maximum absolute atomic E-state index is 12.1. The standard InChI is InChI=1S/C13H18N2O6S.Na/c1-13(2,3)21-12(20)14-7-9(17)15-8(11(18)19)6(4-16)5-22-10(7)15;/h7,10,16H,4-5H2,1-3H3,(H,14,20)(H,18,19);/q;+1/p-1/t7-,10+;/m1./s1.